The molecule has 3 heterocycles. The average Bonchev–Trinajstić information content (AvgIpc) is 3.40. The first-order valence-electron chi connectivity index (χ1n) is 13.0. The molecule has 3 aliphatic heterocycles. The van der Waals surface area contributed by atoms with Gasteiger partial charge in [-0.1, -0.05) is 0 Å². The van der Waals surface area contributed by atoms with Gasteiger partial charge < -0.3 is 9.64 Å². The molecule has 2 N–H and O–H groups in total. The van der Waals surface area contributed by atoms with Crippen molar-refractivity contribution in [1.82, 2.24) is 29.9 Å². The highest BCUT2D eigenvalue weighted by molar-refractivity contribution is 7.90. The Hall–Kier alpha value is -1.31. The molecule has 2 aliphatic carbocycles. The van der Waals surface area contributed by atoms with Gasteiger partial charge in [-0.25, -0.2) is 22.9 Å². The Morgan fingerprint density at radius 1 is 1.14 bits per heavy atom. The molecule has 12 heteroatoms. The molecule has 0 aromatic heterocycles. The van der Waals surface area contributed by atoms with Crippen LogP contribution in [0.15, 0.2) is 0 Å². The Morgan fingerprint density at radius 2 is 1.89 bits per heavy atom. The summed E-state index contributed by atoms with van der Waals surface area (Å²) < 4.78 is 34.6. The third kappa shape index (κ3) is 5.52. The summed E-state index contributed by atoms with van der Waals surface area (Å²) >= 11 is 0. The molecule has 4 atom stereocenters. The summed E-state index contributed by atoms with van der Waals surface area (Å²) in [5.41, 5.74) is 2.91. The van der Waals surface area contributed by atoms with Crippen molar-refractivity contribution in [2.75, 3.05) is 66.1 Å². The molecular weight excluding hydrogens is 472 g/mol. The number of rotatable bonds is 8. The monoisotopic (exact) mass is 512 g/mol. The van der Waals surface area contributed by atoms with Gasteiger partial charge in [0.2, 0.25) is 15.9 Å². The molecule has 0 aromatic carbocycles. The maximum absolute atomic E-state index is 13.7. The third-order valence-corrected chi connectivity index (χ3v) is 10.5. The molecule has 198 valence electrons. The molecular formula is C23H40N6O5S. The highest BCUT2D eigenvalue weighted by Crippen LogP contribution is 2.40. The molecule has 11 nitrogen and oxygen atoms in total. The van der Waals surface area contributed by atoms with Crippen molar-refractivity contribution in [1.29, 1.82) is 0 Å². The van der Waals surface area contributed by atoms with E-state index >= 15 is 0 Å². The summed E-state index contributed by atoms with van der Waals surface area (Å²) in [7, 11) is -1.57. The van der Waals surface area contributed by atoms with E-state index in [0.717, 1.165) is 45.6 Å². The predicted molar refractivity (Wildman–Crippen MR) is 130 cm³/mol. The predicted octanol–water partition coefficient (Wildman–Crippen LogP) is -0.342. The van der Waals surface area contributed by atoms with E-state index in [-0.39, 0.29) is 35.9 Å². The first-order chi connectivity index (χ1) is 16.7. The van der Waals surface area contributed by atoms with Gasteiger partial charge in [0.25, 0.3) is 0 Å². The van der Waals surface area contributed by atoms with E-state index in [1.807, 2.05) is 23.9 Å². The van der Waals surface area contributed by atoms with Crippen molar-refractivity contribution < 1.29 is 22.7 Å². The lowest BCUT2D eigenvalue weighted by atomic mass is 9.80. The van der Waals surface area contributed by atoms with Crippen LogP contribution in [-0.2, 0) is 19.6 Å². The summed E-state index contributed by atoms with van der Waals surface area (Å²) in [6.07, 6.45) is 2.99. The summed E-state index contributed by atoms with van der Waals surface area (Å²) in [4.78, 5) is 32.9. The molecule has 5 rings (SSSR count). The quantitative estimate of drug-likeness (QED) is 0.454. The zero-order valence-electron chi connectivity index (χ0n) is 20.9. The molecule has 3 saturated heterocycles. The van der Waals surface area contributed by atoms with Gasteiger partial charge in [0, 0.05) is 70.4 Å². The van der Waals surface area contributed by atoms with Crippen molar-refractivity contribution >= 4 is 22.0 Å². The van der Waals surface area contributed by atoms with Gasteiger partial charge in [0.15, 0.2) is 0 Å². The number of nitrogens with one attached hydrogen (secondary N) is 2. The van der Waals surface area contributed by atoms with Crippen LogP contribution < -0.4 is 10.1 Å². The molecule has 0 radical (unpaired) electrons. The molecule has 0 bridgehead atoms. The van der Waals surface area contributed by atoms with Crippen LogP contribution in [0.5, 0.6) is 0 Å². The number of fused-ring (bicyclic) bond motifs is 1. The van der Waals surface area contributed by atoms with Gasteiger partial charge in [0.1, 0.15) is 0 Å². The van der Waals surface area contributed by atoms with E-state index < -0.39 is 21.2 Å². The number of carbonyl (C=O) groups is 2. The first-order valence-corrected chi connectivity index (χ1v) is 14.6. The molecule has 35 heavy (non-hydrogen) atoms. The summed E-state index contributed by atoms with van der Waals surface area (Å²) in [5, 5.41) is 1.39. The smallest absolute Gasteiger partial charge is 0.327 e. The molecule has 4 unspecified atom stereocenters. The number of sulfonamides is 1. The van der Waals surface area contributed by atoms with E-state index in [0.29, 0.717) is 39.1 Å². The normalized spacial score (nSPS) is 34.3. The molecule has 2 saturated carbocycles. The third-order valence-electron chi connectivity index (χ3n) is 8.44. The maximum Gasteiger partial charge on any atom is 0.327 e. The highest BCUT2D eigenvalue weighted by Gasteiger charge is 2.52. The number of carbonyl (C=O) groups excluding carboxylic acids is 2. The number of urea groups is 1. The summed E-state index contributed by atoms with van der Waals surface area (Å²) in [6, 6.07) is -0.455. The second-order valence-electron chi connectivity index (χ2n) is 11.3. The van der Waals surface area contributed by atoms with Gasteiger partial charge in [-0.3, -0.25) is 20.0 Å². The SMILES string of the molecule is CN1CC(CN2C(=O)C3CC(S(=O)(=O)NC4(C)CC4)CCC3N(CCN3CCOCC3)C2=O)CN1. The van der Waals surface area contributed by atoms with E-state index in [4.69, 9.17) is 4.74 Å². The number of hydrogen-bond donors (Lipinski definition) is 2. The van der Waals surface area contributed by atoms with Crippen LogP contribution in [0.25, 0.3) is 0 Å². The number of nitrogens with zero attached hydrogens (tertiary/aromatic N) is 4. The largest absolute Gasteiger partial charge is 0.379 e. The molecule has 5 fully saturated rings. The Kier molecular flexibility index (Phi) is 7.14. The zero-order valence-corrected chi connectivity index (χ0v) is 21.8. The summed E-state index contributed by atoms with van der Waals surface area (Å²) in [6.45, 7) is 8.11. The Balaban J connectivity index is 1.33. The van der Waals surface area contributed by atoms with Crippen LogP contribution in [0.2, 0.25) is 0 Å². The van der Waals surface area contributed by atoms with Crippen LogP contribution in [0.1, 0.15) is 39.0 Å². The minimum atomic E-state index is -3.52. The van der Waals surface area contributed by atoms with Crippen molar-refractivity contribution in [3.63, 3.8) is 0 Å². The topological polar surface area (TPSA) is 115 Å². The van der Waals surface area contributed by atoms with Crippen LogP contribution in [-0.4, -0.2) is 123 Å². The fraction of sp³-hybridized carbons (Fsp3) is 0.913. The van der Waals surface area contributed by atoms with Gasteiger partial charge in [-0.05, 0) is 39.0 Å². The molecule has 0 spiro atoms. The van der Waals surface area contributed by atoms with Gasteiger partial charge in [0.05, 0.1) is 24.4 Å². The van der Waals surface area contributed by atoms with E-state index in [1.54, 1.807) is 0 Å². The van der Waals surface area contributed by atoms with Crippen LogP contribution in [0.3, 0.4) is 0 Å². The minimum Gasteiger partial charge on any atom is -0.379 e. The number of morpholine rings is 1. The maximum atomic E-state index is 13.7. The Morgan fingerprint density at radius 3 is 2.54 bits per heavy atom. The number of hydrazine groups is 1. The van der Waals surface area contributed by atoms with Crippen molar-refractivity contribution in [3.8, 4) is 0 Å². The minimum absolute atomic E-state index is 0.158. The zero-order chi connectivity index (χ0) is 24.8. The molecule has 0 aromatic rings. The number of amides is 3. The highest BCUT2D eigenvalue weighted by atomic mass is 32.2. The average molecular weight is 513 g/mol. The molecule has 3 amide bonds. The van der Waals surface area contributed by atoms with Gasteiger partial charge in [-0.15, -0.1) is 0 Å². The lowest BCUT2D eigenvalue weighted by Gasteiger charge is -2.49. The number of imide groups is 1. The number of hydrogen-bond acceptors (Lipinski definition) is 8. The fourth-order valence-corrected chi connectivity index (χ4v) is 7.99. The van der Waals surface area contributed by atoms with E-state index in [2.05, 4.69) is 15.0 Å². The van der Waals surface area contributed by atoms with Crippen molar-refractivity contribution in [3.05, 3.63) is 0 Å². The standard InChI is InChI=1S/C23H40N6O5S/c1-23(5-6-23)25-35(32,33)18-3-4-20-19(13-18)21(30)29(16-17-14-24-26(2)15-17)22(31)28(20)8-7-27-9-11-34-12-10-27/h17-20,24-25H,3-16H2,1-2H3. The second-order valence-corrected chi connectivity index (χ2v) is 13.3. The Labute approximate surface area is 208 Å². The number of ether oxygens (including phenoxy) is 1. The van der Waals surface area contributed by atoms with Gasteiger partial charge >= 0.3 is 6.03 Å². The lowest BCUT2D eigenvalue weighted by Crippen LogP contribution is -2.65. The first kappa shape index (κ1) is 25.3. The van der Waals surface area contributed by atoms with E-state index in [1.165, 1.54) is 4.90 Å². The summed E-state index contributed by atoms with van der Waals surface area (Å²) in [5.74, 6) is -0.522. The van der Waals surface area contributed by atoms with Crippen LogP contribution in [0, 0.1) is 11.8 Å². The lowest BCUT2D eigenvalue weighted by molar-refractivity contribution is -0.141. The van der Waals surface area contributed by atoms with Crippen molar-refractivity contribution in [2.24, 2.45) is 11.8 Å². The fourth-order valence-electron chi connectivity index (χ4n) is 6.03. The van der Waals surface area contributed by atoms with Crippen LogP contribution in [0.4, 0.5) is 4.79 Å². The van der Waals surface area contributed by atoms with Crippen molar-refractivity contribution in [2.45, 2.75) is 55.9 Å². The Bertz CT molecular complexity index is 921. The van der Waals surface area contributed by atoms with Gasteiger partial charge in [-0.2, -0.15) is 0 Å². The second kappa shape index (κ2) is 9.86. The van der Waals surface area contributed by atoms with E-state index in [9.17, 15) is 18.0 Å². The molecule has 5 aliphatic rings. The van der Waals surface area contributed by atoms with Crippen LogP contribution >= 0.6 is 0 Å².